The summed E-state index contributed by atoms with van der Waals surface area (Å²) in [4.78, 5) is 24.2. The lowest BCUT2D eigenvalue weighted by Crippen LogP contribution is -2.27. The smallest absolute Gasteiger partial charge is 0.273 e. The summed E-state index contributed by atoms with van der Waals surface area (Å²) in [6.07, 6.45) is 6.14. The number of hydrogen-bond donors (Lipinski definition) is 1. The van der Waals surface area contributed by atoms with Crippen molar-refractivity contribution in [3.05, 3.63) is 48.3 Å². The number of nitrogens with one attached hydrogen (secondary N) is 1. The number of nitrogens with zero attached hydrogens (tertiary/aromatic N) is 6. The highest BCUT2D eigenvalue weighted by molar-refractivity contribution is 7.98. The average Bonchev–Trinajstić information content (AvgIpc) is 3.60. The largest absolute Gasteiger partial charge is 0.356 e. The molecule has 1 aliphatic heterocycles. The molecule has 0 aliphatic carbocycles. The van der Waals surface area contributed by atoms with Gasteiger partial charge in [-0.2, -0.15) is 5.10 Å². The van der Waals surface area contributed by atoms with E-state index in [-0.39, 0.29) is 11.6 Å². The summed E-state index contributed by atoms with van der Waals surface area (Å²) in [7, 11) is 0. The van der Waals surface area contributed by atoms with Crippen molar-refractivity contribution in [3.8, 4) is 11.3 Å². The zero-order chi connectivity index (χ0) is 21.9. The molecule has 10 heteroatoms. The summed E-state index contributed by atoms with van der Waals surface area (Å²) >= 11 is 1.52. The fourth-order valence-electron chi connectivity index (χ4n) is 3.83. The van der Waals surface area contributed by atoms with Crippen LogP contribution in [-0.4, -0.2) is 56.7 Å². The molecule has 32 heavy (non-hydrogen) atoms. The van der Waals surface area contributed by atoms with Gasteiger partial charge in [0.25, 0.3) is 5.91 Å². The predicted octanol–water partition coefficient (Wildman–Crippen LogP) is 3.23. The molecule has 9 nitrogen and oxygen atoms in total. The Balaban J connectivity index is 1.28. The summed E-state index contributed by atoms with van der Waals surface area (Å²) in [5.41, 5.74) is 1.91. The van der Waals surface area contributed by atoms with E-state index in [4.69, 9.17) is 9.51 Å². The second-order valence-corrected chi connectivity index (χ2v) is 8.30. The number of fused-ring (bicyclic) bond motifs is 1. The first kappa shape index (κ1) is 20.5. The van der Waals surface area contributed by atoms with E-state index in [1.54, 1.807) is 6.07 Å². The van der Waals surface area contributed by atoms with Gasteiger partial charge in [-0.05, 0) is 19.1 Å². The van der Waals surface area contributed by atoms with E-state index < -0.39 is 0 Å². The predicted molar refractivity (Wildman–Crippen MR) is 123 cm³/mol. The van der Waals surface area contributed by atoms with Gasteiger partial charge in [0.05, 0.1) is 18.1 Å². The van der Waals surface area contributed by atoms with Crippen LogP contribution >= 0.6 is 11.8 Å². The maximum absolute atomic E-state index is 12.5. The molecule has 1 saturated heterocycles. The van der Waals surface area contributed by atoms with Gasteiger partial charge in [-0.15, -0.1) is 0 Å². The first-order chi connectivity index (χ1) is 15.7. The Kier molecular flexibility index (Phi) is 5.76. The monoisotopic (exact) mass is 449 g/mol. The second-order valence-electron chi connectivity index (χ2n) is 7.53. The maximum atomic E-state index is 12.5. The van der Waals surface area contributed by atoms with Crippen molar-refractivity contribution in [1.29, 1.82) is 0 Å². The minimum atomic E-state index is -0.287. The molecule has 3 aromatic heterocycles. The van der Waals surface area contributed by atoms with Crippen LogP contribution in [0.25, 0.3) is 22.4 Å². The van der Waals surface area contributed by atoms with Gasteiger partial charge in [0, 0.05) is 31.3 Å². The van der Waals surface area contributed by atoms with Crippen LogP contribution in [0.5, 0.6) is 0 Å². The van der Waals surface area contributed by atoms with Gasteiger partial charge >= 0.3 is 0 Å². The van der Waals surface area contributed by atoms with Crippen LogP contribution in [-0.2, 0) is 6.54 Å². The molecular weight excluding hydrogens is 426 g/mol. The molecule has 0 atom stereocenters. The van der Waals surface area contributed by atoms with Crippen LogP contribution in [0.4, 0.5) is 5.82 Å². The highest BCUT2D eigenvalue weighted by Crippen LogP contribution is 2.28. The van der Waals surface area contributed by atoms with Crippen LogP contribution in [0.2, 0.25) is 0 Å². The lowest BCUT2D eigenvalue weighted by molar-refractivity contribution is 0.0943. The number of hydrogen-bond acceptors (Lipinski definition) is 8. The number of anilines is 1. The molecule has 1 amide bonds. The maximum Gasteiger partial charge on any atom is 0.273 e. The molecular formula is C22H23N7O2S. The van der Waals surface area contributed by atoms with E-state index in [1.807, 2.05) is 47.5 Å². The number of carbonyl (C=O) groups is 1. The molecule has 5 rings (SSSR count). The Bertz CT molecular complexity index is 1230. The number of thioether (sulfide) groups is 1. The summed E-state index contributed by atoms with van der Waals surface area (Å²) < 4.78 is 7.13. The van der Waals surface area contributed by atoms with Crippen LogP contribution < -0.4 is 10.2 Å². The van der Waals surface area contributed by atoms with Crippen molar-refractivity contribution in [2.24, 2.45) is 0 Å². The van der Waals surface area contributed by atoms with E-state index in [0.29, 0.717) is 18.8 Å². The summed E-state index contributed by atoms with van der Waals surface area (Å²) in [5.74, 6) is 1.22. The van der Waals surface area contributed by atoms with Crippen LogP contribution in [0, 0.1) is 0 Å². The Morgan fingerprint density at radius 3 is 2.78 bits per heavy atom. The third kappa shape index (κ3) is 4.05. The van der Waals surface area contributed by atoms with Gasteiger partial charge in [-0.1, -0.05) is 47.3 Å². The number of amides is 1. The van der Waals surface area contributed by atoms with Crippen molar-refractivity contribution >= 4 is 34.5 Å². The van der Waals surface area contributed by atoms with Gasteiger partial charge in [0.2, 0.25) is 0 Å². The lowest BCUT2D eigenvalue weighted by atomic mass is 10.1. The Morgan fingerprint density at radius 2 is 2.00 bits per heavy atom. The quantitative estimate of drug-likeness (QED) is 0.339. The lowest BCUT2D eigenvalue weighted by Gasteiger charge is -2.17. The third-order valence-electron chi connectivity index (χ3n) is 5.45. The molecule has 1 fully saturated rings. The third-order valence-corrected chi connectivity index (χ3v) is 6.00. The average molecular weight is 450 g/mol. The highest BCUT2D eigenvalue weighted by atomic mass is 32.2. The summed E-state index contributed by atoms with van der Waals surface area (Å²) in [6, 6.07) is 11.2. The Labute approximate surface area is 189 Å². The van der Waals surface area contributed by atoms with Gasteiger partial charge in [0.1, 0.15) is 5.82 Å². The van der Waals surface area contributed by atoms with Crippen molar-refractivity contribution in [1.82, 2.24) is 30.2 Å². The molecule has 4 aromatic rings. The molecule has 0 saturated carbocycles. The molecule has 164 valence electrons. The number of benzene rings is 1. The first-order valence-electron chi connectivity index (χ1n) is 10.6. The van der Waals surface area contributed by atoms with E-state index >= 15 is 0 Å². The van der Waals surface area contributed by atoms with Crippen LogP contribution in [0.3, 0.4) is 0 Å². The van der Waals surface area contributed by atoms with Crippen molar-refractivity contribution in [2.75, 3.05) is 30.8 Å². The molecule has 0 bridgehead atoms. The number of carbonyl (C=O) groups excluding carboxylic acids is 1. The Morgan fingerprint density at radius 1 is 1.19 bits per heavy atom. The molecule has 0 unspecified atom stereocenters. The van der Waals surface area contributed by atoms with Crippen molar-refractivity contribution < 1.29 is 9.32 Å². The second kappa shape index (κ2) is 8.99. The summed E-state index contributed by atoms with van der Waals surface area (Å²) in [6.45, 7) is 2.89. The molecule has 4 heterocycles. The molecule has 1 aromatic carbocycles. The Hall–Kier alpha value is -3.40. The number of rotatable bonds is 7. The fraction of sp³-hybridized carbons (Fsp3) is 0.318. The van der Waals surface area contributed by atoms with Gasteiger partial charge in [-0.25, -0.2) is 14.6 Å². The van der Waals surface area contributed by atoms with Crippen molar-refractivity contribution in [3.63, 3.8) is 0 Å². The van der Waals surface area contributed by atoms with E-state index in [2.05, 4.69) is 25.5 Å². The standard InChI is InChI=1S/C22H23N7O2S/c1-32-22-25-19(28-10-5-6-11-28)16-14-24-29(20(16)26-22)12-9-23-21(30)17-13-18(31-27-17)15-7-3-2-4-8-15/h2-4,7-8,13-14H,5-6,9-12H2,1H3,(H,23,30). The summed E-state index contributed by atoms with van der Waals surface area (Å²) in [5, 5.41) is 13.0. The minimum Gasteiger partial charge on any atom is -0.356 e. The SMILES string of the molecule is CSc1nc(N2CCCC2)c2cnn(CCNC(=O)c3cc(-c4ccccc4)on3)c2n1. The molecule has 1 aliphatic rings. The van der Waals surface area contributed by atoms with Gasteiger partial charge in [-0.3, -0.25) is 4.79 Å². The van der Waals surface area contributed by atoms with Gasteiger partial charge in [0.15, 0.2) is 22.3 Å². The van der Waals surface area contributed by atoms with Crippen LogP contribution in [0.1, 0.15) is 23.3 Å². The zero-order valence-corrected chi connectivity index (χ0v) is 18.5. The van der Waals surface area contributed by atoms with E-state index in [1.165, 1.54) is 24.6 Å². The zero-order valence-electron chi connectivity index (χ0n) is 17.7. The minimum absolute atomic E-state index is 0.248. The fourth-order valence-corrected chi connectivity index (χ4v) is 4.19. The van der Waals surface area contributed by atoms with E-state index in [0.717, 1.165) is 40.7 Å². The number of aromatic nitrogens is 5. The highest BCUT2D eigenvalue weighted by Gasteiger charge is 2.21. The van der Waals surface area contributed by atoms with Crippen molar-refractivity contribution in [2.45, 2.75) is 24.5 Å². The van der Waals surface area contributed by atoms with E-state index in [9.17, 15) is 4.79 Å². The first-order valence-corrected chi connectivity index (χ1v) is 11.8. The van der Waals surface area contributed by atoms with Gasteiger partial charge < -0.3 is 14.7 Å². The topological polar surface area (TPSA) is 102 Å². The molecule has 1 N–H and O–H groups in total. The molecule has 0 radical (unpaired) electrons. The molecule has 0 spiro atoms. The van der Waals surface area contributed by atoms with Crippen LogP contribution in [0.15, 0.2) is 52.3 Å². The normalized spacial score (nSPS) is 13.7.